The number of aromatic amines is 1. The van der Waals surface area contributed by atoms with Gasteiger partial charge in [-0.05, 0) is 72.5 Å². The van der Waals surface area contributed by atoms with Gasteiger partial charge in [-0.1, -0.05) is 32.0 Å². The van der Waals surface area contributed by atoms with Crippen LogP contribution >= 0.6 is 0 Å². The summed E-state index contributed by atoms with van der Waals surface area (Å²) in [4.78, 5) is 40.5. The van der Waals surface area contributed by atoms with Crippen LogP contribution in [0, 0.1) is 13.8 Å². The number of nitrogens with one attached hydrogen (secondary N) is 1. The van der Waals surface area contributed by atoms with E-state index >= 15 is 0 Å². The number of fused-ring (bicyclic) bond motifs is 3. The quantitative estimate of drug-likeness (QED) is 0.186. The number of primary amides is 2. The minimum atomic E-state index is -0.524. The number of hydrogen-bond donors (Lipinski definition) is 4. The fraction of sp³-hybridized carbons (Fsp3) is 0.114. The minimum Gasteiger partial charge on any atom is -0.508 e. The number of carbonyl (C=O) groups is 2. The van der Waals surface area contributed by atoms with Crippen molar-refractivity contribution in [2.24, 2.45) is 11.5 Å². The molecule has 0 bridgehead atoms. The lowest BCUT2D eigenvalue weighted by atomic mass is 9.92. The Morgan fingerprint density at radius 1 is 0.717 bits per heavy atom. The normalized spacial score (nSPS) is 10.6. The molecule has 7 aromatic rings. The molecule has 0 saturated carbocycles. The van der Waals surface area contributed by atoms with Crippen molar-refractivity contribution >= 4 is 44.8 Å². The van der Waals surface area contributed by atoms with Gasteiger partial charge in [0.25, 0.3) is 0 Å². The average molecular weight is 613 g/mol. The number of benzene rings is 4. The molecule has 0 saturated heterocycles. The van der Waals surface area contributed by atoms with Crippen LogP contribution in [0.1, 0.15) is 45.7 Å². The molecule has 0 radical (unpaired) electrons. The Labute approximate surface area is 264 Å². The van der Waals surface area contributed by atoms with Gasteiger partial charge in [-0.25, -0.2) is 0 Å². The molecule has 0 aliphatic carbocycles. The Hall–Kier alpha value is -6.23. The van der Waals surface area contributed by atoms with E-state index in [0.29, 0.717) is 27.7 Å². The molecule has 230 valence electrons. The van der Waals surface area contributed by atoms with Crippen molar-refractivity contribution in [3.63, 3.8) is 0 Å². The minimum absolute atomic E-state index is 0.196. The number of phenolic OH excluding ortho intramolecular Hbond substituents is 1. The third-order valence-electron chi connectivity index (χ3n) is 7.41. The number of aromatic hydroxyl groups is 1. The molecule has 0 fully saturated rings. The van der Waals surface area contributed by atoms with E-state index in [1.54, 1.807) is 61.3 Å². The molecule has 11 heteroatoms. The SMILES string of the molecule is CC.Cc1ccc(O)c(C)c1-c1cc(C(N)=O)cc2nccnc12.NC(=O)c1cc(-c2cccc3[nH]ncc23)c2nccnc2c1. The Morgan fingerprint density at radius 2 is 1.28 bits per heavy atom. The number of hydrogen-bond acceptors (Lipinski definition) is 8. The van der Waals surface area contributed by atoms with Crippen LogP contribution in [0.5, 0.6) is 5.75 Å². The number of aromatic nitrogens is 6. The van der Waals surface area contributed by atoms with Crippen LogP contribution in [0.3, 0.4) is 0 Å². The average Bonchev–Trinajstić information content (AvgIpc) is 3.57. The largest absolute Gasteiger partial charge is 0.508 e. The van der Waals surface area contributed by atoms with Crippen LogP contribution in [0.2, 0.25) is 0 Å². The van der Waals surface area contributed by atoms with E-state index in [2.05, 4.69) is 30.1 Å². The standard InChI is InChI=1S/C17H15N3O2.C16H11N5O.C2H6/c1-9-3-4-14(21)10(2)15(9)12-7-11(17(18)22)8-13-16(12)20-6-5-19-13;17-16(22)9-6-11(15-14(7-9)18-4-5-19-15)10-2-1-3-13-12(10)8-20-21-13;1-2/h3-8,21H,1-2H3,(H2,18,22);1-8H,(H2,17,22)(H,20,21);1-2H3. The first-order valence-corrected chi connectivity index (χ1v) is 14.5. The zero-order valence-electron chi connectivity index (χ0n) is 25.7. The molecule has 0 atom stereocenters. The van der Waals surface area contributed by atoms with Crippen LogP contribution in [0.15, 0.2) is 85.6 Å². The number of H-pyrrole nitrogens is 1. The topological polar surface area (TPSA) is 187 Å². The Bertz CT molecular complexity index is 2240. The van der Waals surface area contributed by atoms with Gasteiger partial charge in [0.1, 0.15) is 5.75 Å². The van der Waals surface area contributed by atoms with Gasteiger partial charge in [-0.15, -0.1) is 0 Å². The van der Waals surface area contributed by atoms with Crippen LogP contribution < -0.4 is 11.5 Å². The second kappa shape index (κ2) is 13.2. The second-order valence-corrected chi connectivity index (χ2v) is 10.2. The number of rotatable bonds is 4. The summed E-state index contributed by atoms with van der Waals surface area (Å²) in [6, 6.07) is 16.1. The first kappa shape index (κ1) is 31.2. The number of phenols is 1. The molecule has 7 rings (SSSR count). The molecule has 0 aliphatic rings. The molecule has 46 heavy (non-hydrogen) atoms. The van der Waals surface area contributed by atoms with E-state index in [0.717, 1.165) is 49.8 Å². The highest BCUT2D eigenvalue weighted by molar-refractivity contribution is 6.06. The molecule has 0 aliphatic heterocycles. The first-order chi connectivity index (χ1) is 22.2. The van der Waals surface area contributed by atoms with Crippen LogP contribution in [-0.2, 0) is 0 Å². The molecular weight excluding hydrogens is 580 g/mol. The highest BCUT2D eigenvalue weighted by atomic mass is 16.3. The summed E-state index contributed by atoms with van der Waals surface area (Å²) in [5.41, 5.74) is 20.2. The van der Waals surface area contributed by atoms with Gasteiger partial charge >= 0.3 is 0 Å². The van der Waals surface area contributed by atoms with Gasteiger partial charge in [0.15, 0.2) is 0 Å². The maximum absolute atomic E-state index is 11.6. The van der Waals surface area contributed by atoms with Gasteiger partial charge in [0.05, 0.1) is 33.8 Å². The summed E-state index contributed by atoms with van der Waals surface area (Å²) >= 11 is 0. The molecule has 3 aromatic heterocycles. The summed E-state index contributed by atoms with van der Waals surface area (Å²) in [6.45, 7) is 7.78. The number of aryl methyl sites for hydroxylation is 1. The lowest BCUT2D eigenvalue weighted by Gasteiger charge is -2.14. The fourth-order valence-corrected chi connectivity index (χ4v) is 5.28. The highest BCUT2D eigenvalue weighted by Gasteiger charge is 2.17. The molecule has 0 spiro atoms. The van der Waals surface area contributed by atoms with Gasteiger partial charge in [0, 0.05) is 52.4 Å². The predicted molar refractivity (Wildman–Crippen MR) is 179 cm³/mol. The van der Waals surface area contributed by atoms with Crippen molar-refractivity contribution in [3.05, 3.63) is 108 Å². The molecule has 6 N–H and O–H groups in total. The van der Waals surface area contributed by atoms with E-state index in [4.69, 9.17) is 11.5 Å². The molecule has 2 amide bonds. The molecule has 4 aromatic carbocycles. The third-order valence-corrected chi connectivity index (χ3v) is 7.41. The Kier molecular flexibility index (Phi) is 8.94. The monoisotopic (exact) mass is 612 g/mol. The predicted octanol–water partition coefficient (Wildman–Crippen LogP) is 6.02. The van der Waals surface area contributed by atoms with Gasteiger partial charge in [-0.3, -0.25) is 34.6 Å². The Morgan fingerprint density at radius 3 is 1.89 bits per heavy atom. The fourth-order valence-electron chi connectivity index (χ4n) is 5.28. The van der Waals surface area contributed by atoms with Gasteiger partial charge < -0.3 is 16.6 Å². The van der Waals surface area contributed by atoms with Crippen molar-refractivity contribution in [1.82, 2.24) is 30.1 Å². The summed E-state index contributed by atoms with van der Waals surface area (Å²) in [6.07, 6.45) is 8.15. The van der Waals surface area contributed by atoms with Crippen molar-refractivity contribution in [1.29, 1.82) is 0 Å². The van der Waals surface area contributed by atoms with Gasteiger partial charge in [0.2, 0.25) is 11.8 Å². The zero-order chi connectivity index (χ0) is 33.0. The molecule has 11 nitrogen and oxygen atoms in total. The highest BCUT2D eigenvalue weighted by Crippen LogP contribution is 2.36. The number of nitrogens with zero attached hydrogens (tertiary/aromatic N) is 5. The summed E-state index contributed by atoms with van der Waals surface area (Å²) in [5.74, 6) is -0.820. The second-order valence-electron chi connectivity index (χ2n) is 10.2. The maximum atomic E-state index is 11.6. The van der Waals surface area contributed by atoms with Crippen LogP contribution in [-0.4, -0.2) is 47.1 Å². The molecule has 3 heterocycles. The maximum Gasteiger partial charge on any atom is 0.248 e. The van der Waals surface area contributed by atoms with Crippen molar-refractivity contribution in [3.8, 4) is 28.0 Å². The first-order valence-electron chi connectivity index (χ1n) is 14.5. The van der Waals surface area contributed by atoms with Crippen molar-refractivity contribution < 1.29 is 14.7 Å². The molecule has 0 unspecified atom stereocenters. The van der Waals surface area contributed by atoms with Crippen LogP contribution in [0.4, 0.5) is 0 Å². The van der Waals surface area contributed by atoms with E-state index in [-0.39, 0.29) is 5.75 Å². The zero-order valence-corrected chi connectivity index (χ0v) is 25.7. The van der Waals surface area contributed by atoms with E-state index in [9.17, 15) is 14.7 Å². The van der Waals surface area contributed by atoms with Gasteiger partial charge in [-0.2, -0.15) is 5.10 Å². The number of amides is 2. The summed E-state index contributed by atoms with van der Waals surface area (Å²) in [5, 5.41) is 18.0. The molecular formula is C35H32N8O3. The van der Waals surface area contributed by atoms with E-state index in [1.807, 2.05) is 52.0 Å². The number of carbonyl (C=O) groups excluding carboxylic acids is 2. The van der Waals surface area contributed by atoms with E-state index in [1.165, 1.54) is 0 Å². The van der Waals surface area contributed by atoms with Crippen molar-refractivity contribution in [2.45, 2.75) is 27.7 Å². The van der Waals surface area contributed by atoms with Crippen LogP contribution in [0.25, 0.3) is 55.2 Å². The smallest absolute Gasteiger partial charge is 0.248 e. The summed E-state index contributed by atoms with van der Waals surface area (Å²) in [7, 11) is 0. The van der Waals surface area contributed by atoms with E-state index < -0.39 is 11.8 Å². The third kappa shape index (κ3) is 5.93. The summed E-state index contributed by atoms with van der Waals surface area (Å²) < 4.78 is 0. The number of nitrogens with two attached hydrogens (primary N) is 2. The lowest BCUT2D eigenvalue weighted by molar-refractivity contribution is 0.0992. The van der Waals surface area contributed by atoms with Crippen molar-refractivity contribution in [2.75, 3.05) is 0 Å². The lowest BCUT2D eigenvalue weighted by Crippen LogP contribution is -2.11. The Balaban J connectivity index is 0.000000172.